The molecule has 1 amide bonds. The number of hydrogen-bond donors (Lipinski definition) is 3. The summed E-state index contributed by atoms with van der Waals surface area (Å²) in [5.41, 5.74) is 0. The van der Waals surface area contributed by atoms with Gasteiger partial charge in [-0.1, -0.05) is 241 Å². The van der Waals surface area contributed by atoms with E-state index in [0.717, 1.165) is 109 Å². The molecular formula is C60H105NO5. The first-order valence-electron chi connectivity index (χ1n) is 27.8. The maximum absolute atomic E-state index is 13.2. The molecule has 0 heterocycles. The van der Waals surface area contributed by atoms with E-state index in [2.05, 4.69) is 111 Å². The third-order valence-electron chi connectivity index (χ3n) is 12.3. The monoisotopic (exact) mass is 920 g/mol. The molecule has 0 bridgehead atoms. The van der Waals surface area contributed by atoms with Gasteiger partial charge in [-0.25, -0.2) is 0 Å². The summed E-state index contributed by atoms with van der Waals surface area (Å²) in [6.07, 6.45) is 69.3. The highest BCUT2D eigenvalue weighted by atomic mass is 16.5. The molecule has 3 unspecified atom stereocenters. The Morgan fingerprint density at radius 3 is 1.39 bits per heavy atom. The number of rotatable bonds is 49. The van der Waals surface area contributed by atoms with E-state index < -0.39 is 18.2 Å². The number of ether oxygens (including phenoxy) is 1. The Bertz CT molecular complexity index is 1260. The lowest BCUT2D eigenvalue weighted by Crippen LogP contribution is -2.46. The van der Waals surface area contributed by atoms with Crippen LogP contribution in [0.5, 0.6) is 0 Å². The molecule has 0 spiro atoms. The first-order valence-corrected chi connectivity index (χ1v) is 27.8. The summed E-state index contributed by atoms with van der Waals surface area (Å²) in [4.78, 5) is 26.2. The van der Waals surface area contributed by atoms with Crippen LogP contribution in [-0.2, 0) is 14.3 Å². The predicted molar refractivity (Wildman–Crippen MR) is 287 cm³/mol. The van der Waals surface area contributed by atoms with Crippen LogP contribution in [0.3, 0.4) is 0 Å². The SMILES string of the molecule is CC/C=C/C=C/C=C/CCCCCCCC(CC(=O)NC(CO)C(O)CCCCCCCCCCCCCCCCC)OC(=O)CCCCC/C=C\C/C=C\C/C=C\C/C=C\CCCCC. The van der Waals surface area contributed by atoms with Crippen molar-refractivity contribution in [2.75, 3.05) is 6.61 Å². The van der Waals surface area contributed by atoms with Gasteiger partial charge in [0.1, 0.15) is 6.10 Å². The van der Waals surface area contributed by atoms with Gasteiger partial charge in [0.15, 0.2) is 0 Å². The number of unbranched alkanes of at least 4 members (excludes halogenated alkanes) is 25. The molecule has 0 aromatic heterocycles. The van der Waals surface area contributed by atoms with Gasteiger partial charge in [0.2, 0.25) is 5.91 Å². The minimum Gasteiger partial charge on any atom is -0.462 e. The van der Waals surface area contributed by atoms with Crippen molar-refractivity contribution in [3.63, 3.8) is 0 Å². The predicted octanol–water partition coefficient (Wildman–Crippen LogP) is 17.1. The van der Waals surface area contributed by atoms with Crippen LogP contribution in [0, 0.1) is 0 Å². The van der Waals surface area contributed by atoms with E-state index in [1.54, 1.807) is 0 Å². The van der Waals surface area contributed by atoms with E-state index in [-0.39, 0.29) is 24.9 Å². The zero-order valence-corrected chi connectivity index (χ0v) is 43.3. The minimum absolute atomic E-state index is 0.0474. The van der Waals surface area contributed by atoms with Crippen LogP contribution in [0.15, 0.2) is 85.1 Å². The molecule has 0 radical (unpaired) electrons. The fourth-order valence-corrected chi connectivity index (χ4v) is 8.06. The number of carbonyl (C=O) groups is 2. The summed E-state index contributed by atoms with van der Waals surface area (Å²) >= 11 is 0. The van der Waals surface area contributed by atoms with Gasteiger partial charge < -0.3 is 20.3 Å². The lowest BCUT2D eigenvalue weighted by Gasteiger charge is -2.24. The third kappa shape index (κ3) is 47.5. The molecule has 3 atom stereocenters. The molecular weight excluding hydrogens is 815 g/mol. The van der Waals surface area contributed by atoms with Crippen molar-refractivity contribution in [1.82, 2.24) is 5.32 Å². The number of nitrogens with one attached hydrogen (secondary N) is 1. The number of amides is 1. The topological polar surface area (TPSA) is 95.9 Å². The molecule has 0 aliphatic heterocycles. The van der Waals surface area contributed by atoms with E-state index in [4.69, 9.17) is 4.74 Å². The molecule has 380 valence electrons. The van der Waals surface area contributed by atoms with E-state index in [0.29, 0.717) is 19.3 Å². The van der Waals surface area contributed by atoms with Crippen molar-refractivity contribution in [2.45, 2.75) is 277 Å². The maximum Gasteiger partial charge on any atom is 0.306 e. The molecule has 0 saturated heterocycles. The van der Waals surface area contributed by atoms with Gasteiger partial charge in [0, 0.05) is 6.42 Å². The summed E-state index contributed by atoms with van der Waals surface area (Å²) in [7, 11) is 0. The molecule has 66 heavy (non-hydrogen) atoms. The fourth-order valence-electron chi connectivity index (χ4n) is 8.06. The number of hydrogen-bond acceptors (Lipinski definition) is 5. The molecule has 0 aliphatic carbocycles. The molecule has 0 aliphatic rings. The lowest BCUT2D eigenvalue weighted by molar-refractivity contribution is -0.151. The van der Waals surface area contributed by atoms with Gasteiger partial charge in [-0.05, 0) is 89.9 Å². The fraction of sp³-hybridized carbons (Fsp3) is 0.733. The summed E-state index contributed by atoms with van der Waals surface area (Å²) in [5.74, 6) is -0.532. The van der Waals surface area contributed by atoms with Crippen LogP contribution in [0.25, 0.3) is 0 Å². The Balaban J connectivity index is 4.62. The van der Waals surface area contributed by atoms with E-state index >= 15 is 0 Å². The number of aliphatic hydroxyl groups is 2. The van der Waals surface area contributed by atoms with Crippen molar-refractivity contribution < 1.29 is 24.5 Å². The highest BCUT2D eigenvalue weighted by Crippen LogP contribution is 2.18. The molecule has 0 saturated carbocycles. The Morgan fingerprint density at radius 2 is 0.879 bits per heavy atom. The lowest BCUT2D eigenvalue weighted by atomic mass is 10.0. The summed E-state index contributed by atoms with van der Waals surface area (Å²) in [6.45, 7) is 6.32. The van der Waals surface area contributed by atoms with Gasteiger partial charge in [0.05, 0.1) is 25.2 Å². The Kier molecular flexibility index (Phi) is 50.6. The van der Waals surface area contributed by atoms with Crippen LogP contribution < -0.4 is 5.32 Å². The van der Waals surface area contributed by atoms with Crippen LogP contribution >= 0.6 is 0 Å². The zero-order valence-electron chi connectivity index (χ0n) is 43.3. The quantitative estimate of drug-likeness (QED) is 0.0245. The number of aliphatic hydroxyl groups excluding tert-OH is 2. The van der Waals surface area contributed by atoms with Gasteiger partial charge in [0.25, 0.3) is 0 Å². The Hall–Kier alpha value is -2.96. The molecule has 6 heteroatoms. The van der Waals surface area contributed by atoms with Crippen LogP contribution in [0.4, 0.5) is 0 Å². The third-order valence-corrected chi connectivity index (χ3v) is 12.3. The summed E-state index contributed by atoms with van der Waals surface area (Å²) in [5, 5.41) is 23.8. The molecule has 0 aromatic rings. The summed E-state index contributed by atoms with van der Waals surface area (Å²) < 4.78 is 5.93. The van der Waals surface area contributed by atoms with Crippen molar-refractivity contribution in [1.29, 1.82) is 0 Å². The maximum atomic E-state index is 13.2. The van der Waals surface area contributed by atoms with E-state index in [9.17, 15) is 19.8 Å². The molecule has 0 rings (SSSR count). The average Bonchev–Trinajstić information content (AvgIpc) is 3.31. The van der Waals surface area contributed by atoms with Crippen molar-refractivity contribution in [2.24, 2.45) is 0 Å². The Morgan fingerprint density at radius 1 is 0.470 bits per heavy atom. The minimum atomic E-state index is -0.804. The van der Waals surface area contributed by atoms with Gasteiger partial charge in [-0.2, -0.15) is 0 Å². The second-order valence-corrected chi connectivity index (χ2v) is 18.7. The van der Waals surface area contributed by atoms with Gasteiger partial charge in [-0.3, -0.25) is 9.59 Å². The summed E-state index contributed by atoms with van der Waals surface area (Å²) in [6, 6.07) is -0.720. The first kappa shape index (κ1) is 63.0. The zero-order chi connectivity index (χ0) is 48.1. The smallest absolute Gasteiger partial charge is 0.306 e. The van der Waals surface area contributed by atoms with Crippen molar-refractivity contribution in [3.05, 3.63) is 85.1 Å². The van der Waals surface area contributed by atoms with Crippen LogP contribution in [-0.4, -0.2) is 46.9 Å². The molecule has 0 fully saturated rings. The second kappa shape index (κ2) is 53.0. The highest BCUT2D eigenvalue weighted by molar-refractivity contribution is 5.77. The van der Waals surface area contributed by atoms with Crippen molar-refractivity contribution >= 4 is 11.9 Å². The van der Waals surface area contributed by atoms with E-state index in [1.165, 1.54) is 103 Å². The standard InChI is InChI=1S/C60H105NO5/c1-4-7-10-13-16-19-22-25-27-28-29-30-32-35-38-41-44-47-50-53-60(65)66-56(51-48-45-42-39-36-33-24-21-18-15-12-9-6-3)54-59(64)61-57(55-62)58(63)52-49-46-43-40-37-34-31-26-23-20-17-14-11-8-5-2/h9,12,15-16,18-19,21,24-25,27,29-30,35,38,56-58,62-63H,4-8,10-11,13-14,17,20,22-23,26,28,31-34,36-37,39-55H2,1-3H3,(H,61,64)/b12-9+,18-15+,19-16-,24-21+,27-25-,30-29-,38-35-. The number of allylic oxidation sites excluding steroid dienone is 14. The van der Waals surface area contributed by atoms with Crippen molar-refractivity contribution in [3.8, 4) is 0 Å². The second-order valence-electron chi connectivity index (χ2n) is 18.7. The van der Waals surface area contributed by atoms with Gasteiger partial charge in [-0.15, -0.1) is 0 Å². The van der Waals surface area contributed by atoms with Crippen LogP contribution in [0.1, 0.15) is 258 Å². The Labute approximate surface area is 408 Å². The normalized spacial score (nSPS) is 13.8. The van der Waals surface area contributed by atoms with Crippen LogP contribution in [0.2, 0.25) is 0 Å². The largest absolute Gasteiger partial charge is 0.462 e. The average molecular weight is 921 g/mol. The highest BCUT2D eigenvalue weighted by Gasteiger charge is 2.24. The molecule has 0 aromatic carbocycles. The van der Waals surface area contributed by atoms with E-state index in [1.807, 2.05) is 0 Å². The number of carbonyl (C=O) groups excluding carboxylic acids is 2. The molecule has 6 nitrogen and oxygen atoms in total. The first-order chi connectivity index (χ1) is 32.5. The number of esters is 1. The van der Waals surface area contributed by atoms with Gasteiger partial charge >= 0.3 is 5.97 Å². The molecule has 3 N–H and O–H groups in total.